The molecular weight excluding hydrogens is 585 g/mol. The number of halogens is 1. The highest BCUT2D eigenvalue weighted by Crippen LogP contribution is 2.48. The maximum Gasteiger partial charge on any atom is 0.199 e. The van der Waals surface area contributed by atoms with Gasteiger partial charge in [-0.15, -0.1) is 0 Å². The molecule has 0 N–H and O–H groups in total. The fourth-order valence-electron chi connectivity index (χ4n) is 6.75. The van der Waals surface area contributed by atoms with Crippen molar-refractivity contribution in [3.8, 4) is 23.0 Å². The molecule has 244 valence electrons. The average molecular weight is 630 g/mol. The van der Waals surface area contributed by atoms with Crippen LogP contribution in [0.25, 0.3) is 11.1 Å². The van der Waals surface area contributed by atoms with Crippen LogP contribution in [0.4, 0.5) is 4.39 Å². The van der Waals surface area contributed by atoms with E-state index in [0.717, 1.165) is 122 Å². The van der Waals surface area contributed by atoms with E-state index >= 15 is 0 Å². The lowest BCUT2D eigenvalue weighted by molar-refractivity contribution is -0.106. The number of nitrogens with zero attached hydrogens (tertiary/aromatic N) is 1. The Morgan fingerprint density at radius 2 is 1.50 bits per heavy atom. The van der Waals surface area contributed by atoms with Gasteiger partial charge in [0, 0.05) is 49.5 Å². The summed E-state index contributed by atoms with van der Waals surface area (Å²) in [6.45, 7) is 6.39. The molecule has 3 aromatic rings. The van der Waals surface area contributed by atoms with Gasteiger partial charge < -0.3 is 28.4 Å². The molecule has 8 heteroatoms. The minimum Gasteiger partial charge on any atom is -0.492 e. The number of fused-ring (bicyclic) bond motifs is 1. The van der Waals surface area contributed by atoms with Crippen molar-refractivity contribution in [3.05, 3.63) is 83.4 Å². The molecule has 0 spiro atoms. The summed E-state index contributed by atoms with van der Waals surface area (Å²) in [4.78, 5) is 2.22. The van der Waals surface area contributed by atoms with Gasteiger partial charge >= 0.3 is 0 Å². The summed E-state index contributed by atoms with van der Waals surface area (Å²) in [5.41, 5.74) is 5.25. The smallest absolute Gasteiger partial charge is 0.199 e. The number of alkyl halides is 1. The average Bonchev–Trinajstić information content (AvgIpc) is 3.07. The third-order valence-corrected chi connectivity index (χ3v) is 9.33. The number of likely N-dealkylation sites (tertiary alicyclic amines) is 1. The Bertz CT molecular complexity index is 1490. The molecule has 0 aromatic heterocycles. The second-order valence-electron chi connectivity index (χ2n) is 12.7. The standard InChI is InChI=1S/C38H44FNO6/c1-26-33-22-32(45-36-10-3-5-19-43-36)15-16-34(33)46-38(28-11-13-30(14-12-28)41-20-17-40-24-27(23-39)25-40)37(26)29-7-6-8-31(21-29)44-35-9-2-4-18-42-35/h6-8,11-16,21-22,27,35-36,38H,2-5,9-10,17-20,23-25H2,1H3. The van der Waals surface area contributed by atoms with Gasteiger partial charge in [-0.25, -0.2) is 0 Å². The molecule has 0 radical (unpaired) electrons. The zero-order valence-electron chi connectivity index (χ0n) is 26.6. The van der Waals surface area contributed by atoms with E-state index in [1.807, 2.05) is 36.4 Å². The molecular formula is C38H44FNO6. The highest BCUT2D eigenvalue weighted by Gasteiger charge is 2.31. The Kier molecular flexibility index (Phi) is 9.75. The summed E-state index contributed by atoms with van der Waals surface area (Å²) in [6, 6.07) is 22.4. The molecule has 7 nitrogen and oxygen atoms in total. The van der Waals surface area contributed by atoms with Crippen LogP contribution < -0.4 is 18.9 Å². The summed E-state index contributed by atoms with van der Waals surface area (Å²) in [5, 5.41) is 0. The second-order valence-corrected chi connectivity index (χ2v) is 12.7. The molecule has 0 aliphatic carbocycles. The van der Waals surface area contributed by atoms with Crippen molar-refractivity contribution < 1.29 is 32.8 Å². The van der Waals surface area contributed by atoms with Crippen LogP contribution in [0.15, 0.2) is 66.7 Å². The molecule has 0 saturated carbocycles. The van der Waals surface area contributed by atoms with Gasteiger partial charge in [0.2, 0.25) is 0 Å². The van der Waals surface area contributed by atoms with Crippen molar-refractivity contribution in [2.45, 2.75) is 64.1 Å². The minimum absolute atomic E-state index is 0.184. The Labute approximate surface area is 271 Å². The SMILES string of the molecule is CC1=C(c2cccc(OC3CCCCO3)c2)C(c2ccc(OCCN3CC(CF)C3)cc2)Oc2ccc(OC3CCCCO3)cc21. The van der Waals surface area contributed by atoms with E-state index in [9.17, 15) is 4.39 Å². The molecule has 4 aliphatic rings. The van der Waals surface area contributed by atoms with Crippen molar-refractivity contribution >= 4 is 11.1 Å². The quantitative estimate of drug-likeness (QED) is 0.214. The van der Waals surface area contributed by atoms with Crippen molar-refractivity contribution in [3.63, 3.8) is 0 Å². The number of allylic oxidation sites excluding steroid dienone is 1. The predicted molar refractivity (Wildman–Crippen MR) is 175 cm³/mol. The van der Waals surface area contributed by atoms with Crippen LogP contribution in [0.1, 0.15) is 68.2 Å². The van der Waals surface area contributed by atoms with Gasteiger partial charge in [-0.3, -0.25) is 9.29 Å². The van der Waals surface area contributed by atoms with Gasteiger partial charge in [-0.2, -0.15) is 0 Å². The number of ether oxygens (including phenoxy) is 6. The maximum absolute atomic E-state index is 12.8. The topological polar surface area (TPSA) is 58.6 Å². The zero-order chi connectivity index (χ0) is 31.3. The molecule has 0 amide bonds. The Balaban J connectivity index is 1.15. The van der Waals surface area contributed by atoms with Gasteiger partial charge in [0.15, 0.2) is 12.6 Å². The number of hydrogen-bond donors (Lipinski definition) is 0. The second kappa shape index (κ2) is 14.4. The lowest BCUT2D eigenvalue weighted by Crippen LogP contribution is -2.49. The molecule has 0 bridgehead atoms. The van der Waals surface area contributed by atoms with Crippen LogP contribution in [-0.4, -0.2) is 63.6 Å². The minimum atomic E-state index is -0.338. The van der Waals surface area contributed by atoms with Crippen molar-refractivity contribution in [2.24, 2.45) is 5.92 Å². The summed E-state index contributed by atoms with van der Waals surface area (Å²) < 4.78 is 49.8. The van der Waals surface area contributed by atoms with Crippen molar-refractivity contribution in [1.82, 2.24) is 4.90 Å². The van der Waals surface area contributed by atoms with Crippen LogP contribution in [0.5, 0.6) is 23.0 Å². The zero-order valence-corrected chi connectivity index (χ0v) is 26.6. The van der Waals surface area contributed by atoms with E-state index in [2.05, 4.69) is 42.2 Å². The third kappa shape index (κ3) is 7.19. The Morgan fingerprint density at radius 1 is 0.804 bits per heavy atom. The monoisotopic (exact) mass is 629 g/mol. The molecule has 3 saturated heterocycles. The first-order valence-corrected chi connectivity index (χ1v) is 16.8. The molecule has 3 fully saturated rings. The third-order valence-electron chi connectivity index (χ3n) is 9.33. The number of benzene rings is 3. The van der Waals surface area contributed by atoms with Crippen LogP contribution in [-0.2, 0) is 9.47 Å². The van der Waals surface area contributed by atoms with Gasteiger partial charge in [0.05, 0.1) is 19.9 Å². The number of rotatable bonds is 11. The first-order valence-electron chi connectivity index (χ1n) is 16.8. The first kappa shape index (κ1) is 31.0. The largest absolute Gasteiger partial charge is 0.492 e. The summed E-state index contributed by atoms with van der Waals surface area (Å²) in [6.07, 6.45) is 5.37. The normalized spacial score (nSPS) is 23.7. The van der Waals surface area contributed by atoms with Crippen LogP contribution in [0.3, 0.4) is 0 Å². The van der Waals surface area contributed by atoms with Crippen LogP contribution >= 0.6 is 0 Å². The van der Waals surface area contributed by atoms with Gasteiger partial charge in [-0.1, -0.05) is 24.3 Å². The van der Waals surface area contributed by atoms with Gasteiger partial charge in [-0.05, 0) is 91.8 Å². The fraction of sp³-hybridized carbons (Fsp3) is 0.474. The summed E-state index contributed by atoms with van der Waals surface area (Å²) >= 11 is 0. The van der Waals surface area contributed by atoms with Crippen molar-refractivity contribution in [2.75, 3.05) is 46.1 Å². The maximum atomic E-state index is 12.8. The highest BCUT2D eigenvalue weighted by atomic mass is 19.1. The molecule has 3 unspecified atom stereocenters. The molecule has 3 aromatic carbocycles. The van der Waals surface area contributed by atoms with E-state index < -0.39 is 0 Å². The van der Waals surface area contributed by atoms with Gasteiger partial charge in [0.1, 0.15) is 35.7 Å². The first-order chi connectivity index (χ1) is 22.6. The fourth-order valence-corrected chi connectivity index (χ4v) is 6.75. The van der Waals surface area contributed by atoms with E-state index in [0.29, 0.717) is 6.61 Å². The van der Waals surface area contributed by atoms with E-state index in [4.69, 9.17) is 28.4 Å². The summed E-state index contributed by atoms with van der Waals surface area (Å²) in [7, 11) is 0. The van der Waals surface area contributed by atoms with E-state index in [1.165, 1.54) is 0 Å². The Hall–Kier alpha value is -3.59. The van der Waals surface area contributed by atoms with Gasteiger partial charge in [0.25, 0.3) is 0 Å². The lowest BCUT2D eigenvalue weighted by Gasteiger charge is -2.37. The van der Waals surface area contributed by atoms with E-state index in [1.54, 1.807) is 0 Å². The molecule has 4 heterocycles. The Morgan fingerprint density at radius 3 is 2.17 bits per heavy atom. The molecule has 3 atom stereocenters. The molecule has 7 rings (SSSR count). The lowest BCUT2D eigenvalue weighted by atomic mass is 9.86. The van der Waals surface area contributed by atoms with E-state index in [-0.39, 0.29) is 31.3 Å². The highest BCUT2D eigenvalue weighted by molar-refractivity contribution is 5.96. The summed E-state index contributed by atoms with van der Waals surface area (Å²) in [5.74, 6) is 3.36. The molecule has 4 aliphatic heterocycles. The predicted octanol–water partition coefficient (Wildman–Crippen LogP) is 7.84. The van der Waals surface area contributed by atoms with Crippen LogP contribution in [0.2, 0.25) is 0 Å². The number of hydrogen-bond acceptors (Lipinski definition) is 7. The van der Waals surface area contributed by atoms with Crippen LogP contribution in [0, 0.1) is 5.92 Å². The molecule has 46 heavy (non-hydrogen) atoms. The van der Waals surface area contributed by atoms with Crippen molar-refractivity contribution in [1.29, 1.82) is 0 Å².